The minimum Gasteiger partial charge on any atom is -0.494 e. The Morgan fingerprint density at radius 1 is 1.29 bits per heavy atom. The molecule has 0 saturated carbocycles. The molecule has 1 amide bonds. The number of nitrogens with zero attached hydrogens (tertiary/aromatic N) is 1. The molecule has 0 spiro atoms. The highest BCUT2D eigenvalue weighted by atomic mass is 32.2. The minimum absolute atomic E-state index is 0.154. The highest BCUT2D eigenvalue weighted by Gasteiger charge is 2.22. The zero-order chi connectivity index (χ0) is 15.1. The van der Waals surface area contributed by atoms with Crippen LogP contribution in [0.1, 0.15) is 43.5 Å². The van der Waals surface area contributed by atoms with Gasteiger partial charge in [0.05, 0.1) is 6.61 Å². The van der Waals surface area contributed by atoms with Crippen LogP contribution in [0.25, 0.3) is 0 Å². The van der Waals surface area contributed by atoms with Gasteiger partial charge < -0.3 is 9.64 Å². The van der Waals surface area contributed by atoms with Crippen molar-refractivity contribution in [2.75, 3.05) is 25.4 Å². The number of hydrogen-bond acceptors (Lipinski definition) is 3. The molecule has 0 N–H and O–H groups in total. The second kappa shape index (κ2) is 8.32. The van der Waals surface area contributed by atoms with E-state index < -0.39 is 0 Å². The van der Waals surface area contributed by atoms with Crippen LogP contribution >= 0.6 is 11.8 Å². The molecular formula is C17H25NO2S. The third-order valence-electron chi connectivity index (χ3n) is 3.73. The number of carbonyl (C=O) groups is 1. The highest BCUT2D eigenvalue weighted by Crippen LogP contribution is 2.23. The van der Waals surface area contributed by atoms with Gasteiger partial charge in [0.15, 0.2) is 0 Å². The predicted octanol–water partition coefficient (Wildman–Crippen LogP) is 3.83. The first-order valence-corrected chi connectivity index (χ1v) is 8.93. The summed E-state index contributed by atoms with van der Waals surface area (Å²) in [7, 11) is 0. The Labute approximate surface area is 132 Å². The van der Waals surface area contributed by atoms with Crippen molar-refractivity contribution in [3.63, 3.8) is 0 Å². The van der Waals surface area contributed by atoms with Crippen molar-refractivity contribution in [1.29, 1.82) is 0 Å². The summed E-state index contributed by atoms with van der Waals surface area (Å²) in [6.07, 6.45) is 3.57. The van der Waals surface area contributed by atoms with Gasteiger partial charge in [0.2, 0.25) is 0 Å². The van der Waals surface area contributed by atoms with Gasteiger partial charge in [0.1, 0.15) is 5.75 Å². The fraction of sp³-hybridized carbons (Fsp3) is 0.588. The average molecular weight is 307 g/mol. The maximum absolute atomic E-state index is 12.6. The first-order chi connectivity index (χ1) is 10.2. The Morgan fingerprint density at radius 2 is 2.05 bits per heavy atom. The van der Waals surface area contributed by atoms with E-state index in [0.29, 0.717) is 11.9 Å². The molecule has 0 radical (unpaired) electrons. The van der Waals surface area contributed by atoms with Gasteiger partial charge in [0.25, 0.3) is 5.91 Å². The number of benzene rings is 1. The van der Waals surface area contributed by atoms with E-state index in [1.54, 1.807) is 0 Å². The molecule has 1 aliphatic rings. The first kappa shape index (κ1) is 16.2. The number of likely N-dealkylation sites (tertiary alicyclic amines) is 1. The molecule has 1 saturated heterocycles. The third kappa shape index (κ3) is 4.67. The van der Waals surface area contributed by atoms with Gasteiger partial charge in [-0.3, -0.25) is 4.79 Å². The molecule has 1 fully saturated rings. The summed E-state index contributed by atoms with van der Waals surface area (Å²) in [5.74, 6) is 2.10. The van der Waals surface area contributed by atoms with Gasteiger partial charge in [-0.25, -0.2) is 0 Å². The van der Waals surface area contributed by atoms with Crippen LogP contribution in [0.4, 0.5) is 0 Å². The Kier molecular flexibility index (Phi) is 6.43. The summed E-state index contributed by atoms with van der Waals surface area (Å²) in [5, 5.41) is 0.587. The van der Waals surface area contributed by atoms with Gasteiger partial charge >= 0.3 is 0 Å². The van der Waals surface area contributed by atoms with Crippen LogP contribution < -0.4 is 4.74 Å². The lowest BCUT2D eigenvalue weighted by Gasteiger charge is -2.24. The van der Waals surface area contributed by atoms with Crippen molar-refractivity contribution in [2.24, 2.45) is 0 Å². The standard InChI is InChI=1S/C17H25NO2S/c1-3-20-15-10-8-14(9-11-15)17(19)18-12-6-5-7-16(13-18)21-4-2/h8-11,16H,3-7,12-13H2,1-2H3. The van der Waals surface area contributed by atoms with Crippen LogP contribution in [0.15, 0.2) is 24.3 Å². The summed E-state index contributed by atoms with van der Waals surface area (Å²) < 4.78 is 5.43. The van der Waals surface area contributed by atoms with E-state index in [9.17, 15) is 4.79 Å². The van der Waals surface area contributed by atoms with Crippen LogP contribution in [-0.4, -0.2) is 41.5 Å². The normalized spacial score (nSPS) is 19.1. The minimum atomic E-state index is 0.154. The molecule has 1 aliphatic heterocycles. The molecular weight excluding hydrogens is 282 g/mol. The maximum atomic E-state index is 12.6. The topological polar surface area (TPSA) is 29.5 Å². The van der Waals surface area contributed by atoms with E-state index in [2.05, 4.69) is 6.92 Å². The van der Waals surface area contributed by atoms with Gasteiger partial charge in [-0.1, -0.05) is 13.3 Å². The molecule has 0 bridgehead atoms. The fourth-order valence-electron chi connectivity index (χ4n) is 2.70. The van der Waals surface area contributed by atoms with E-state index in [0.717, 1.165) is 36.6 Å². The van der Waals surface area contributed by atoms with Crippen LogP contribution in [0.2, 0.25) is 0 Å². The first-order valence-electron chi connectivity index (χ1n) is 7.88. The van der Waals surface area contributed by atoms with Crippen molar-refractivity contribution in [1.82, 2.24) is 4.90 Å². The van der Waals surface area contributed by atoms with Crippen molar-refractivity contribution in [2.45, 2.75) is 38.4 Å². The second-order valence-corrected chi connectivity index (χ2v) is 6.86. The summed E-state index contributed by atoms with van der Waals surface area (Å²) in [6.45, 7) is 6.56. The lowest BCUT2D eigenvalue weighted by molar-refractivity contribution is 0.0763. The molecule has 0 aromatic heterocycles. The quantitative estimate of drug-likeness (QED) is 0.828. The number of amides is 1. The van der Waals surface area contributed by atoms with Gasteiger partial charge in [0, 0.05) is 23.9 Å². The Bertz CT molecular complexity index is 447. The fourth-order valence-corrected chi connectivity index (χ4v) is 3.79. The van der Waals surface area contributed by atoms with E-state index in [1.807, 2.05) is 47.9 Å². The molecule has 4 heteroatoms. The molecule has 2 rings (SSSR count). The Morgan fingerprint density at radius 3 is 2.71 bits per heavy atom. The van der Waals surface area contributed by atoms with Gasteiger partial charge in [-0.2, -0.15) is 11.8 Å². The van der Waals surface area contributed by atoms with Crippen molar-refractivity contribution >= 4 is 17.7 Å². The number of rotatable bonds is 5. The molecule has 116 valence electrons. The summed E-state index contributed by atoms with van der Waals surface area (Å²) in [4.78, 5) is 14.7. The lowest BCUT2D eigenvalue weighted by Crippen LogP contribution is -2.35. The Hall–Kier alpha value is -1.16. The average Bonchev–Trinajstić information content (AvgIpc) is 2.74. The van der Waals surface area contributed by atoms with E-state index in [-0.39, 0.29) is 5.91 Å². The van der Waals surface area contributed by atoms with Crippen molar-refractivity contribution < 1.29 is 9.53 Å². The zero-order valence-corrected chi connectivity index (χ0v) is 13.8. The van der Waals surface area contributed by atoms with Gasteiger partial charge in [-0.05, 0) is 49.8 Å². The molecule has 0 aliphatic carbocycles. The largest absolute Gasteiger partial charge is 0.494 e. The molecule has 1 heterocycles. The van der Waals surface area contributed by atoms with Gasteiger partial charge in [-0.15, -0.1) is 0 Å². The smallest absolute Gasteiger partial charge is 0.253 e. The third-order valence-corrected chi connectivity index (χ3v) is 4.92. The van der Waals surface area contributed by atoms with Crippen LogP contribution in [0.5, 0.6) is 5.75 Å². The Balaban J connectivity index is 2.03. The number of ether oxygens (including phenoxy) is 1. The summed E-state index contributed by atoms with van der Waals surface area (Å²) in [6, 6.07) is 7.51. The summed E-state index contributed by atoms with van der Waals surface area (Å²) in [5.41, 5.74) is 0.764. The van der Waals surface area contributed by atoms with E-state index >= 15 is 0 Å². The van der Waals surface area contributed by atoms with Crippen LogP contribution in [-0.2, 0) is 0 Å². The SMILES string of the molecule is CCOc1ccc(C(=O)N2CCCCC(SCC)C2)cc1. The van der Waals surface area contributed by atoms with Crippen molar-refractivity contribution in [3.05, 3.63) is 29.8 Å². The second-order valence-electron chi connectivity index (χ2n) is 5.28. The zero-order valence-electron chi connectivity index (χ0n) is 13.0. The molecule has 3 nitrogen and oxygen atoms in total. The lowest BCUT2D eigenvalue weighted by atomic mass is 10.2. The number of thioether (sulfide) groups is 1. The van der Waals surface area contributed by atoms with E-state index in [1.165, 1.54) is 12.8 Å². The molecule has 1 atom stereocenters. The monoisotopic (exact) mass is 307 g/mol. The van der Waals surface area contributed by atoms with Crippen LogP contribution in [0.3, 0.4) is 0 Å². The predicted molar refractivity (Wildman–Crippen MR) is 89.3 cm³/mol. The molecule has 1 aromatic carbocycles. The molecule has 1 unspecified atom stereocenters. The highest BCUT2D eigenvalue weighted by molar-refractivity contribution is 7.99. The maximum Gasteiger partial charge on any atom is 0.253 e. The molecule has 1 aromatic rings. The summed E-state index contributed by atoms with van der Waals surface area (Å²) >= 11 is 1.98. The number of hydrogen-bond donors (Lipinski definition) is 0. The number of carbonyl (C=O) groups excluding carboxylic acids is 1. The van der Waals surface area contributed by atoms with E-state index in [4.69, 9.17) is 4.74 Å². The van der Waals surface area contributed by atoms with Crippen LogP contribution in [0, 0.1) is 0 Å². The van der Waals surface area contributed by atoms with Crippen molar-refractivity contribution in [3.8, 4) is 5.75 Å². The molecule has 21 heavy (non-hydrogen) atoms.